The van der Waals surface area contributed by atoms with Crippen LogP contribution in [-0.2, 0) is 15.4 Å². The van der Waals surface area contributed by atoms with E-state index in [0.29, 0.717) is 5.69 Å². The Labute approximate surface area is 139 Å². The molecule has 0 amide bonds. The summed E-state index contributed by atoms with van der Waals surface area (Å²) in [4.78, 5) is 26.9. The average Bonchev–Trinajstić information content (AvgIpc) is 2.88. The highest BCUT2D eigenvalue weighted by Gasteiger charge is 2.30. The maximum absolute atomic E-state index is 12.7. The highest BCUT2D eigenvalue weighted by atomic mass is 32.2. The van der Waals surface area contributed by atoms with Crippen molar-refractivity contribution in [2.45, 2.75) is 51.0 Å². The number of aromatic nitrogens is 4. The third-order valence-corrected chi connectivity index (χ3v) is 4.66. The summed E-state index contributed by atoms with van der Waals surface area (Å²) in [6.07, 6.45) is 2.45. The number of rotatable bonds is 4. The summed E-state index contributed by atoms with van der Waals surface area (Å²) in [6.45, 7) is 9.33. The van der Waals surface area contributed by atoms with Crippen LogP contribution in [0.1, 0.15) is 46.4 Å². The number of hydrogen-bond acceptors (Lipinski definition) is 5. The molecule has 10 heteroatoms. The summed E-state index contributed by atoms with van der Waals surface area (Å²) >= 11 is 0. The fraction of sp³-hybridized carbons (Fsp3) is 0.500. The average molecular weight is 355 g/mol. The Bertz CT molecular complexity index is 960. The zero-order valence-electron chi connectivity index (χ0n) is 14.2. The van der Waals surface area contributed by atoms with E-state index in [-0.39, 0.29) is 16.6 Å². The summed E-state index contributed by atoms with van der Waals surface area (Å²) < 4.78 is 29.2. The summed E-state index contributed by atoms with van der Waals surface area (Å²) in [5.74, 6) is 0. The monoisotopic (exact) mass is 355 g/mol. The van der Waals surface area contributed by atoms with E-state index in [0.717, 1.165) is 6.20 Å². The molecule has 3 N–H and O–H groups in total. The minimum Gasteiger partial charge on any atom is -0.312 e. The molecule has 0 atom stereocenters. The number of anilines is 1. The van der Waals surface area contributed by atoms with Crippen molar-refractivity contribution in [1.82, 2.24) is 19.7 Å². The Morgan fingerprint density at radius 2 is 1.88 bits per heavy atom. The van der Waals surface area contributed by atoms with Crippen molar-refractivity contribution < 1.29 is 8.42 Å². The zero-order chi connectivity index (χ0) is 18.3. The molecular weight excluding hydrogens is 334 g/mol. The molecular formula is C14H21N5O4S. The summed E-state index contributed by atoms with van der Waals surface area (Å²) in [5.41, 5.74) is -1.93. The first-order valence-corrected chi connectivity index (χ1v) is 8.84. The van der Waals surface area contributed by atoms with E-state index in [4.69, 9.17) is 0 Å². The number of nitrogens with zero attached hydrogens (tertiary/aromatic N) is 2. The van der Waals surface area contributed by atoms with Crippen LogP contribution in [0.15, 0.2) is 26.9 Å². The predicted octanol–water partition coefficient (Wildman–Crippen LogP) is 0.939. The van der Waals surface area contributed by atoms with Crippen LogP contribution in [0.2, 0.25) is 0 Å². The Kier molecular flexibility index (Phi) is 4.44. The topological polar surface area (TPSA) is 130 Å². The van der Waals surface area contributed by atoms with Gasteiger partial charge < -0.3 is 4.98 Å². The van der Waals surface area contributed by atoms with E-state index in [1.807, 2.05) is 39.6 Å². The molecule has 2 rings (SSSR count). The van der Waals surface area contributed by atoms with Gasteiger partial charge >= 0.3 is 5.69 Å². The van der Waals surface area contributed by atoms with Crippen molar-refractivity contribution in [3.8, 4) is 0 Å². The molecule has 0 saturated heterocycles. The molecule has 24 heavy (non-hydrogen) atoms. The van der Waals surface area contributed by atoms with Gasteiger partial charge in [-0.25, -0.2) is 13.2 Å². The summed E-state index contributed by atoms with van der Waals surface area (Å²) in [7, 11) is -4.05. The number of sulfonamides is 1. The standard InChI is InChI=1S/C14H21N5O4S/c1-8(2)19-7-10(11(17-19)14(3,4)5)24(22,23)18-9-6-15-13(21)16-12(9)20/h6-8,18H,1-5H3,(H2,15,16,20,21). The Morgan fingerprint density at radius 3 is 2.38 bits per heavy atom. The van der Waals surface area contributed by atoms with Crippen molar-refractivity contribution in [2.75, 3.05) is 4.72 Å². The number of H-pyrrole nitrogens is 2. The van der Waals surface area contributed by atoms with Gasteiger partial charge in [-0.2, -0.15) is 5.10 Å². The molecule has 0 aliphatic heterocycles. The van der Waals surface area contributed by atoms with E-state index >= 15 is 0 Å². The third kappa shape index (κ3) is 3.58. The molecule has 2 heterocycles. The molecule has 0 aliphatic carbocycles. The first-order chi connectivity index (χ1) is 10.9. The summed E-state index contributed by atoms with van der Waals surface area (Å²) in [6, 6.07) is -0.0217. The Balaban J connectivity index is 2.56. The first-order valence-electron chi connectivity index (χ1n) is 7.36. The molecule has 132 valence electrons. The maximum atomic E-state index is 12.7. The Hall–Kier alpha value is -2.36. The van der Waals surface area contributed by atoms with Crippen molar-refractivity contribution in [3.05, 3.63) is 38.9 Å². The van der Waals surface area contributed by atoms with Crippen LogP contribution < -0.4 is 16.0 Å². The largest absolute Gasteiger partial charge is 0.325 e. The second-order valence-corrected chi connectivity index (χ2v) is 8.41. The number of aromatic amines is 2. The van der Waals surface area contributed by atoms with E-state index in [1.165, 1.54) is 6.20 Å². The fourth-order valence-electron chi connectivity index (χ4n) is 2.04. The quantitative estimate of drug-likeness (QED) is 0.751. The van der Waals surface area contributed by atoms with Gasteiger partial charge in [0.1, 0.15) is 10.6 Å². The zero-order valence-corrected chi connectivity index (χ0v) is 15.0. The minimum atomic E-state index is -4.05. The molecule has 0 fully saturated rings. The van der Waals surface area contributed by atoms with E-state index in [9.17, 15) is 18.0 Å². The lowest BCUT2D eigenvalue weighted by Gasteiger charge is -2.17. The van der Waals surface area contributed by atoms with Gasteiger partial charge in [0.2, 0.25) is 0 Å². The minimum absolute atomic E-state index is 0.00528. The van der Waals surface area contributed by atoms with Crippen LogP contribution in [0.25, 0.3) is 0 Å². The predicted molar refractivity (Wildman–Crippen MR) is 89.8 cm³/mol. The second-order valence-electron chi connectivity index (χ2n) is 6.76. The van der Waals surface area contributed by atoms with E-state index in [2.05, 4.69) is 14.8 Å². The fourth-order valence-corrected chi connectivity index (χ4v) is 3.44. The molecule has 2 aromatic rings. The van der Waals surface area contributed by atoms with Gasteiger partial charge in [-0.05, 0) is 13.8 Å². The van der Waals surface area contributed by atoms with Gasteiger partial charge in [0.15, 0.2) is 0 Å². The lowest BCUT2D eigenvalue weighted by molar-refractivity contribution is 0.493. The molecule has 0 spiro atoms. The molecule has 2 aromatic heterocycles. The maximum Gasteiger partial charge on any atom is 0.325 e. The highest BCUT2D eigenvalue weighted by molar-refractivity contribution is 7.92. The molecule has 0 saturated carbocycles. The van der Waals surface area contributed by atoms with Crippen molar-refractivity contribution >= 4 is 15.7 Å². The van der Waals surface area contributed by atoms with Crippen LogP contribution in [0.4, 0.5) is 5.69 Å². The number of nitrogens with one attached hydrogen (secondary N) is 3. The molecule has 0 radical (unpaired) electrons. The van der Waals surface area contributed by atoms with Crippen LogP contribution in [0.3, 0.4) is 0 Å². The second kappa shape index (κ2) is 5.93. The van der Waals surface area contributed by atoms with Gasteiger partial charge in [-0.15, -0.1) is 0 Å². The van der Waals surface area contributed by atoms with Crippen LogP contribution in [-0.4, -0.2) is 28.2 Å². The Morgan fingerprint density at radius 1 is 1.25 bits per heavy atom. The van der Waals surface area contributed by atoms with Crippen molar-refractivity contribution in [2.24, 2.45) is 0 Å². The van der Waals surface area contributed by atoms with E-state index in [1.54, 1.807) is 4.68 Å². The normalized spacial score (nSPS) is 12.6. The van der Waals surface area contributed by atoms with E-state index < -0.39 is 26.7 Å². The van der Waals surface area contributed by atoms with Gasteiger partial charge in [-0.3, -0.25) is 19.2 Å². The number of hydrogen-bond donors (Lipinski definition) is 3. The first kappa shape index (κ1) is 18.0. The smallest absolute Gasteiger partial charge is 0.312 e. The molecule has 0 aliphatic rings. The van der Waals surface area contributed by atoms with Gasteiger partial charge in [0, 0.05) is 23.9 Å². The molecule has 9 nitrogen and oxygen atoms in total. The SMILES string of the molecule is CC(C)n1cc(S(=O)(=O)Nc2c[nH]c(=O)[nH]c2=O)c(C(C)(C)C)n1. The third-order valence-electron chi connectivity index (χ3n) is 3.29. The molecule has 0 aromatic carbocycles. The van der Waals surface area contributed by atoms with Gasteiger partial charge in [0.25, 0.3) is 15.6 Å². The van der Waals surface area contributed by atoms with Crippen molar-refractivity contribution in [3.63, 3.8) is 0 Å². The highest BCUT2D eigenvalue weighted by Crippen LogP contribution is 2.29. The molecule has 0 unspecified atom stereocenters. The van der Waals surface area contributed by atoms with Crippen LogP contribution in [0, 0.1) is 0 Å². The lowest BCUT2D eigenvalue weighted by Crippen LogP contribution is -2.27. The van der Waals surface area contributed by atoms with Crippen LogP contribution in [0.5, 0.6) is 0 Å². The van der Waals surface area contributed by atoms with Crippen LogP contribution >= 0.6 is 0 Å². The van der Waals surface area contributed by atoms with Gasteiger partial charge in [-0.1, -0.05) is 20.8 Å². The lowest BCUT2D eigenvalue weighted by atomic mass is 9.92. The van der Waals surface area contributed by atoms with Crippen molar-refractivity contribution in [1.29, 1.82) is 0 Å². The van der Waals surface area contributed by atoms with Gasteiger partial charge in [0.05, 0.1) is 5.69 Å². The summed E-state index contributed by atoms with van der Waals surface area (Å²) in [5, 5.41) is 4.38. The molecule has 0 bridgehead atoms.